The van der Waals surface area contributed by atoms with Gasteiger partial charge >= 0.3 is 11.4 Å². The van der Waals surface area contributed by atoms with Crippen LogP contribution in [0, 0.1) is 55.1 Å². The Morgan fingerprint density at radius 3 is 2.18 bits per heavy atom. The molecule has 2 saturated heterocycles. The van der Waals surface area contributed by atoms with Gasteiger partial charge in [0, 0.05) is 43.1 Å². The zero-order chi connectivity index (χ0) is 39.4. The molecule has 16 heteroatoms. The first-order valence-corrected chi connectivity index (χ1v) is 17.7. The van der Waals surface area contributed by atoms with Gasteiger partial charge in [0.1, 0.15) is 11.6 Å². The second kappa shape index (κ2) is 12.4. The van der Waals surface area contributed by atoms with Crippen molar-refractivity contribution in [3.05, 3.63) is 115 Å². The van der Waals surface area contributed by atoms with Gasteiger partial charge in [0.25, 0.3) is 0 Å². The maximum absolute atomic E-state index is 14.7. The van der Waals surface area contributed by atoms with Gasteiger partial charge in [0.05, 0.1) is 49.4 Å². The minimum atomic E-state index is -1.54. The van der Waals surface area contributed by atoms with Crippen molar-refractivity contribution in [2.75, 3.05) is 28.8 Å². The molecule has 2 aliphatic heterocycles. The van der Waals surface area contributed by atoms with Crippen molar-refractivity contribution in [2.45, 2.75) is 25.7 Å². The minimum Gasteiger partial charge on any atom is -0.507 e. The van der Waals surface area contributed by atoms with E-state index in [4.69, 9.17) is 11.6 Å². The van der Waals surface area contributed by atoms with Crippen LogP contribution in [0.25, 0.3) is 10.8 Å². The van der Waals surface area contributed by atoms with Crippen LogP contribution in [-0.4, -0.2) is 52.7 Å². The predicted octanol–water partition coefficient (Wildman–Crippen LogP) is 6.66. The lowest BCUT2D eigenvalue weighted by molar-refractivity contribution is -0.392. The number of phenolic OH excluding ortho intramolecular Hbond substituents is 1. The number of aromatic hydroxyl groups is 1. The molecule has 6 atom stereocenters. The van der Waals surface area contributed by atoms with Gasteiger partial charge in [-0.15, -0.1) is 0 Å². The minimum absolute atomic E-state index is 0.00253. The van der Waals surface area contributed by atoms with Crippen LogP contribution in [0.15, 0.2) is 78.4 Å². The summed E-state index contributed by atoms with van der Waals surface area (Å²) in [4.78, 5) is 83.6. The summed E-state index contributed by atoms with van der Waals surface area (Å²) in [6.45, 7) is 1.63. The lowest BCUT2D eigenvalue weighted by Gasteiger charge is -2.49. The summed E-state index contributed by atoms with van der Waals surface area (Å²) in [5, 5.41) is 37.1. The fourth-order valence-corrected chi connectivity index (χ4v) is 9.62. The quantitative estimate of drug-likeness (QED) is 0.0964. The fourth-order valence-electron chi connectivity index (χ4n) is 9.44. The summed E-state index contributed by atoms with van der Waals surface area (Å²) >= 11 is 6.09. The lowest BCUT2D eigenvalue weighted by Crippen LogP contribution is -2.48. The molecule has 1 saturated carbocycles. The van der Waals surface area contributed by atoms with E-state index in [0.717, 1.165) is 28.0 Å². The van der Waals surface area contributed by atoms with Gasteiger partial charge in [-0.3, -0.25) is 39.4 Å². The van der Waals surface area contributed by atoms with Crippen LogP contribution in [0.3, 0.4) is 0 Å². The Kier molecular flexibility index (Phi) is 8.08. The Bertz CT molecular complexity index is 2450. The van der Waals surface area contributed by atoms with Crippen molar-refractivity contribution < 1.29 is 38.5 Å². The molecule has 4 aromatic carbocycles. The molecule has 0 spiro atoms. The largest absolute Gasteiger partial charge is 0.507 e. The zero-order valence-corrected chi connectivity index (χ0v) is 30.2. The zero-order valence-electron chi connectivity index (χ0n) is 29.4. The SMILES string of the molecule is CN(C)c1c([N+](=O)[O-])cc(N2C(=O)C3CC=C4C(CC5C(=O)N(c6ccc(F)c(Cl)c6)C(=O)C5(C)C4c4ccc5ccccc5c4O)C3C2=O)cc1[N+](=O)[O-]. The Balaban J connectivity index is 1.29. The molecule has 8 rings (SSSR count). The number of benzene rings is 4. The molecule has 0 aromatic heterocycles. The number of hydrogen-bond donors (Lipinski definition) is 1. The van der Waals surface area contributed by atoms with E-state index in [0.29, 0.717) is 21.9 Å². The number of carbonyl (C=O) groups is 4. The summed E-state index contributed by atoms with van der Waals surface area (Å²) < 4.78 is 14.2. The Morgan fingerprint density at radius 2 is 1.55 bits per heavy atom. The molecule has 4 aromatic rings. The van der Waals surface area contributed by atoms with Crippen molar-refractivity contribution in [1.29, 1.82) is 0 Å². The summed E-state index contributed by atoms with van der Waals surface area (Å²) in [6, 6.07) is 15.9. The highest BCUT2D eigenvalue weighted by molar-refractivity contribution is 6.32. The first-order chi connectivity index (χ1) is 26.1. The molecule has 2 aliphatic carbocycles. The number of amides is 4. The van der Waals surface area contributed by atoms with Gasteiger partial charge in [-0.1, -0.05) is 59.6 Å². The number of rotatable bonds is 6. The highest BCUT2D eigenvalue weighted by Crippen LogP contribution is 2.65. The van der Waals surface area contributed by atoms with Gasteiger partial charge < -0.3 is 10.0 Å². The molecule has 14 nitrogen and oxygen atoms in total. The summed E-state index contributed by atoms with van der Waals surface area (Å²) in [5.74, 6) is -8.68. The van der Waals surface area contributed by atoms with E-state index in [-0.39, 0.29) is 40.7 Å². The van der Waals surface area contributed by atoms with Crippen molar-refractivity contribution >= 4 is 74.4 Å². The number of nitro benzene ring substituents is 2. The summed E-state index contributed by atoms with van der Waals surface area (Å²) in [5.41, 5.74) is -2.66. The third-order valence-corrected chi connectivity index (χ3v) is 12.1. The van der Waals surface area contributed by atoms with E-state index in [1.165, 1.54) is 31.1 Å². The van der Waals surface area contributed by atoms with E-state index < -0.39 is 85.7 Å². The second-order valence-electron chi connectivity index (χ2n) is 14.7. The van der Waals surface area contributed by atoms with Crippen LogP contribution < -0.4 is 14.7 Å². The van der Waals surface area contributed by atoms with Crippen molar-refractivity contribution in [1.82, 2.24) is 0 Å². The van der Waals surface area contributed by atoms with Gasteiger partial charge in [-0.2, -0.15) is 0 Å². The number of carbonyl (C=O) groups excluding carboxylic acids is 4. The first kappa shape index (κ1) is 35.8. The smallest absolute Gasteiger partial charge is 0.301 e. The molecule has 280 valence electrons. The average molecular weight is 768 g/mol. The first-order valence-electron chi connectivity index (χ1n) is 17.3. The second-order valence-corrected chi connectivity index (χ2v) is 15.1. The monoisotopic (exact) mass is 767 g/mol. The number of nitrogens with zero attached hydrogens (tertiary/aromatic N) is 5. The van der Waals surface area contributed by atoms with E-state index in [9.17, 15) is 48.9 Å². The molecule has 6 unspecified atom stereocenters. The highest BCUT2D eigenvalue weighted by Gasteiger charge is 2.68. The number of nitro groups is 2. The molecule has 3 fully saturated rings. The lowest BCUT2D eigenvalue weighted by atomic mass is 9.51. The van der Waals surface area contributed by atoms with E-state index in [1.807, 2.05) is 0 Å². The fraction of sp³-hybridized carbons (Fsp3) is 0.282. The van der Waals surface area contributed by atoms with E-state index in [2.05, 4.69) is 0 Å². The van der Waals surface area contributed by atoms with Crippen molar-refractivity contribution in [3.8, 4) is 5.75 Å². The van der Waals surface area contributed by atoms with Crippen LogP contribution in [0.1, 0.15) is 31.2 Å². The Hall–Kier alpha value is -6.22. The maximum Gasteiger partial charge on any atom is 0.301 e. The molecular formula is C39H31ClFN5O9. The van der Waals surface area contributed by atoms with Crippen LogP contribution in [0.5, 0.6) is 5.75 Å². The molecule has 4 amide bonds. The number of allylic oxidation sites excluding steroid dienone is 2. The molecule has 1 N–H and O–H groups in total. The molecule has 0 radical (unpaired) electrons. The third kappa shape index (κ3) is 4.98. The molecular weight excluding hydrogens is 737 g/mol. The van der Waals surface area contributed by atoms with Gasteiger partial charge in [-0.05, 0) is 49.3 Å². The van der Waals surface area contributed by atoms with Gasteiger partial charge in [0.15, 0.2) is 5.69 Å². The topological polar surface area (TPSA) is 185 Å². The third-order valence-electron chi connectivity index (χ3n) is 11.8. The van der Waals surface area contributed by atoms with E-state index >= 15 is 0 Å². The van der Waals surface area contributed by atoms with E-state index in [1.54, 1.807) is 49.4 Å². The molecule has 0 bridgehead atoms. The number of imide groups is 2. The Labute approximate surface area is 316 Å². The number of fused-ring (bicyclic) bond motifs is 5. The van der Waals surface area contributed by atoms with Crippen LogP contribution >= 0.6 is 11.6 Å². The normalized spacial score (nSPS) is 25.8. The average Bonchev–Trinajstić information content (AvgIpc) is 3.52. The van der Waals surface area contributed by atoms with Crippen LogP contribution in [0.4, 0.5) is 32.8 Å². The number of halogens is 2. The summed E-state index contributed by atoms with van der Waals surface area (Å²) in [6.07, 6.45) is 1.69. The molecule has 55 heavy (non-hydrogen) atoms. The Morgan fingerprint density at radius 1 is 0.873 bits per heavy atom. The van der Waals surface area contributed by atoms with Crippen LogP contribution in [0.2, 0.25) is 5.02 Å². The molecule has 2 heterocycles. The van der Waals surface area contributed by atoms with Gasteiger partial charge in [0.2, 0.25) is 23.6 Å². The maximum atomic E-state index is 14.7. The van der Waals surface area contributed by atoms with Crippen molar-refractivity contribution in [2.24, 2.45) is 29.1 Å². The number of hydrogen-bond acceptors (Lipinski definition) is 10. The molecule has 4 aliphatic rings. The number of anilines is 3. The highest BCUT2D eigenvalue weighted by atomic mass is 35.5. The van der Waals surface area contributed by atoms with Crippen LogP contribution in [-0.2, 0) is 19.2 Å². The number of phenols is 1. The standard InChI is InChI=1S/C39H31ClFN5O9/c1-39-26(36(49)44(38(39)51)19-9-13-28(41)27(40)14-19)17-25-22(32(39)24-10-8-18-6-4-5-7-21(18)34(24)47)11-12-23-31(25)37(50)43(35(23)48)20-15-29(45(52)53)33(42(2)3)30(16-20)46(54)55/h4-11,13-16,23,25-26,31-32,47H,12,17H2,1-3H3. The van der Waals surface area contributed by atoms with Gasteiger partial charge in [-0.25, -0.2) is 14.2 Å². The van der Waals surface area contributed by atoms with Crippen molar-refractivity contribution in [3.63, 3.8) is 0 Å². The summed E-state index contributed by atoms with van der Waals surface area (Å²) in [7, 11) is 2.79. The predicted molar refractivity (Wildman–Crippen MR) is 198 cm³/mol.